The molecule has 150 valence electrons. The van der Waals surface area contributed by atoms with Gasteiger partial charge in [-0.25, -0.2) is 14.1 Å². The van der Waals surface area contributed by atoms with E-state index in [4.69, 9.17) is 5.73 Å². The molecule has 1 aliphatic rings. The van der Waals surface area contributed by atoms with Gasteiger partial charge in [0, 0.05) is 18.4 Å². The molecule has 2 heterocycles. The third-order valence-corrected chi connectivity index (χ3v) is 5.94. The maximum Gasteiger partial charge on any atom is 0.194 e. The number of benzene rings is 2. The van der Waals surface area contributed by atoms with Crippen molar-refractivity contribution in [3.8, 4) is 5.69 Å². The number of nitrogens with two attached hydrogens (primary N) is 1. The Bertz CT molecular complexity index is 1370. The zero-order chi connectivity index (χ0) is 21.0. The molecular weight excluding hydrogens is 449 g/mol. The number of nitrogens with zero attached hydrogens (tertiary/aromatic N) is 3. The zero-order valence-corrected chi connectivity index (χ0v) is 17.6. The van der Waals surface area contributed by atoms with E-state index >= 15 is 0 Å². The van der Waals surface area contributed by atoms with Crippen LogP contribution in [0.25, 0.3) is 22.8 Å². The second-order valence-corrected chi connectivity index (χ2v) is 8.09. The number of aromatic nitrogens is 4. The van der Waals surface area contributed by atoms with Gasteiger partial charge in [0.15, 0.2) is 5.78 Å². The number of hydrogen-bond donors (Lipinski definition) is 2. The first-order chi connectivity index (χ1) is 14.4. The number of fused-ring (bicyclic) bond motifs is 2. The summed E-state index contributed by atoms with van der Waals surface area (Å²) in [5, 5.41) is 4.33. The summed E-state index contributed by atoms with van der Waals surface area (Å²) in [6, 6.07) is 8.80. The monoisotopic (exact) mass is 465 g/mol. The number of ketones is 1. The number of nitrogen functional groups attached to an aromatic ring is 1. The van der Waals surface area contributed by atoms with E-state index in [1.807, 2.05) is 25.1 Å². The van der Waals surface area contributed by atoms with Gasteiger partial charge in [0.1, 0.15) is 17.5 Å². The van der Waals surface area contributed by atoms with Gasteiger partial charge in [0.2, 0.25) is 0 Å². The Balaban J connectivity index is 1.48. The number of rotatable bonds is 4. The van der Waals surface area contributed by atoms with Crippen LogP contribution >= 0.6 is 15.9 Å². The number of anilines is 1. The summed E-state index contributed by atoms with van der Waals surface area (Å²) in [5.41, 5.74) is 11.3. The normalized spacial score (nSPS) is 13.0. The highest BCUT2D eigenvalue weighted by molar-refractivity contribution is 9.10. The molecule has 2 aromatic heterocycles. The molecule has 0 atom stereocenters. The Kier molecular flexibility index (Phi) is 4.32. The largest absolute Gasteiger partial charge is 0.383 e. The van der Waals surface area contributed by atoms with Gasteiger partial charge in [-0.3, -0.25) is 4.79 Å². The number of aryl methyl sites for hydroxylation is 1. The molecule has 1 aliphatic carbocycles. The summed E-state index contributed by atoms with van der Waals surface area (Å²) in [6.07, 6.45) is 4.43. The van der Waals surface area contributed by atoms with Gasteiger partial charge >= 0.3 is 0 Å². The molecule has 4 aromatic rings. The lowest BCUT2D eigenvalue weighted by molar-refractivity contribution is 0.103. The summed E-state index contributed by atoms with van der Waals surface area (Å²) in [6.45, 7) is 2.03. The molecule has 2 aromatic carbocycles. The molecule has 0 fully saturated rings. The molecule has 6 nitrogen and oxygen atoms in total. The molecular formula is C22H17BrFN5O. The topological polar surface area (TPSA) is 89.6 Å². The van der Waals surface area contributed by atoms with Crippen molar-refractivity contribution in [2.45, 2.75) is 19.8 Å². The highest BCUT2D eigenvalue weighted by Gasteiger charge is 2.25. The Morgan fingerprint density at radius 1 is 1.33 bits per heavy atom. The first kappa shape index (κ1) is 18.7. The number of halogens is 2. The van der Waals surface area contributed by atoms with Crippen molar-refractivity contribution in [3.63, 3.8) is 0 Å². The molecule has 0 saturated carbocycles. The van der Waals surface area contributed by atoms with Crippen molar-refractivity contribution in [2.24, 2.45) is 0 Å². The van der Waals surface area contributed by atoms with Gasteiger partial charge < -0.3 is 10.7 Å². The van der Waals surface area contributed by atoms with Crippen molar-refractivity contribution in [1.29, 1.82) is 0 Å². The van der Waals surface area contributed by atoms with Gasteiger partial charge in [-0.05, 0) is 63.5 Å². The average Bonchev–Trinajstić information content (AvgIpc) is 3.43. The van der Waals surface area contributed by atoms with Crippen LogP contribution in [-0.2, 0) is 12.8 Å². The molecule has 5 rings (SSSR count). The number of carbonyl (C=O) groups excluding carboxylic acids is 1. The molecule has 30 heavy (non-hydrogen) atoms. The van der Waals surface area contributed by atoms with E-state index in [9.17, 15) is 9.18 Å². The predicted octanol–water partition coefficient (Wildman–Crippen LogP) is 4.62. The van der Waals surface area contributed by atoms with Gasteiger partial charge in [-0.2, -0.15) is 5.10 Å². The number of aromatic amines is 1. The van der Waals surface area contributed by atoms with Crippen LogP contribution in [-0.4, -0.2) is 25.5 Å². The van der Waals surface area contributed by atoms with Crippen LogP contribution < -0.4 is 5.73 Å². The van der Waals surface area contributed by atoms with Crippen molar-refractivity contribution in [2.75, 3.05) is 5.73 Å². The third-order valence-electron chi connectivity index (χ3n) is 5.33. The molecule has 0 unspecified atom stereocenters. The van der Waals surface area contributed by atoms with Crippen LogP contribution in [0.3, 0.4) is 0 Å². The quantitative estimate of drug-likeness (QED) is 0.430. The number of Topliss-reactive ketones (excluding diaryl/α,β-unsaturated/α-hetero) is 1. The van der Waals surface area contributed by atoms with E-state index in [1.165, 1.54) is 16.9 Å². The molecule has 0 radical (unpaired) electrons. The number of H-pyrrole nitrogens is 1. The lowest BCUT2D eigenvalue weighted by atomic mass is 10.0. The SMILES string of the molecule is CCc1nc2ccc(-n3ncc(C(=O)C4=Cc5cc(F)c(Br)cc5C4)c3N)cc2[nH]1. The fourth-order valence-corrected chi connectivity index (χ4v) is 4.13. The number of allylic oxidation sites excluding steroid dienone is 1. The Morgan fingerprint density at radius 3 is 2.97 bits per heavy atom. The lowest BCUT2D eigenvalue weighted by Gasteiger charge is -2.06. The average molecular weight is 466 g/mol. The molecule has 0 aliphatic heterocycles. The Hall–Kier alpha value is -3.26. The minimum atomic E-state index is -0.355. The molecule has 8 heteroatoms. The van der Waals surface area contributed by atoms with Gasteiger partial charge in [-0.15, -0.1) is 0 Å². The van der Waals surface area contributed by atoms with E-state index in [2.05, 4.69) is 31.0 Å². The summed E-state index contributed by atoms with van der Waals surface area (Å²) in [7, 11) is 0. The van der Waals surface area contributed by atoms with Crippen molar-refractivity contribution in [3.05, 3.63) is 74.9 Å². The lowest BCUT2D eigenvalue weighted by Crippen LogP contribution is -2.08. The highest BCUT2D eigenvalue weighted by Crippen LogP contribution is 2.32. The first-order valence-electron chi connectivity index (χ1n) is 9.50. The second kappa shape index (κ2) is 6.91. The van der Waals surface area contributed by atoms with E-state index in [0.29, 0.717) is 27.6 Å². The number of nitrogens with one attached hydrogen (secondary N) is 1. The minimum Gasteiger partial charge on any atom is -0.383 e. The molecule has 3 N–H and O–H groups in total. The molecule has 0 bridgehead atoms. The summed E-state index contributed by atoms with van der Waals surface area (Å²) < 4.78 is 15.7. The van der Waals surface area contributed by atoms with Crippen molar-refractivity contribution >= 4 is 44.6 Å². The maximum absolute atomic E-state index is 13.8. The smallest absolute Gasteiger partial charge is 0.194 e. The Morgan fingerprint density at radius 2 is 2.17 bits per heavy atom. The zero-order valence-electron chi connectivity index (χ0n) is 16.0. The molecule has 0 saturated heterocycles. The summed E-state index contributed by atoms with van der Waals surface area (Å²) in [4.78, 5) is 20.8. The fourth-order valence-electron chi connectivity index (χ4n) is 3.74. The number of carbonyl (C=O) groups is 1. The van der Waals surface area contributed by atoms with E-state index < -0.39 is 0 Å². The first-order valence-corrected chi connectivity index (χ1v) is 10.3. The number of hydrogen-bond acceptors (Lipinski definition) is 4. The van der Waals surface area contributed by atoms with Crippen LogP contribution in [0.2, 0.25) is 0 Å². The van der Waals surface area contributed by atoms with Gasteiger partial charge in [-0.1, -0.05) is 6.92 Å². The van der Waals surface area contributed by atoms with E-state index in [0.717, 1.165) is 34.5 Å². The fraction of sp³-hybridized carbons (Fsp3) is 0.136. The van der Waals surface area contributed by atoms with Crippen LogP contribution in [0.15, 0.2) is 46.6 Å². The van der Waals surface area contributed by atoms with Crippen molar-refractivity contribution in [1.82, 2.24) is 19.7 Å². The van der Waals surface area contributed by atoms with Gasteiger partial charge in [0.05, 0.1) is 33.0 Å². The van der Waals surface area contributed by atoms with E-state index in [1.54, 1.807) is 12.1 Å². The third kappa shape index (κ3) is 2.95. The van der Waals surface area contributed by atoms with Crippen LogP contribution in [0.1, 0.15) is 34.2 Å². The van der Waals surface area contributed by atoms with Crippen LogP contribution in [0.5, 0.6) is 0 Å². The minimum absolute atomic E-state index is 0.206. The van der Waals surface area contributed by atoms with E-state index in [-0.39, 0.29) is 17.4 Å². The summed E-state index contributed by atoms with van der Waals surface area (Å²) >= 11 is 3.19. The second-order valence-electron chi connectivity index (χ2n) is 7.23. The Labute approximate surface area is 179 Å². The standard InChI is InChI=1S/C22H17BrFN5O/c1-2-20-27-18-4-3-14(9-19(18)28-20)29-22(25)15(10-26-29)21(30)13-5-11-7-16(23)17(24)8-12(11)6-13/h3-4,6-10H,2,5,25H2,1H3,(H,27,28). The highest BCUT2D eigenvalue weighted by atomic mass is 79.9. The number of imidazole rings is 1. The predicted molar refractivity (Wildman–Crippen MR) is 117 cm³/mol. The van der Waals surface area contributed by atoms with Gasteiger partial charge in [0.25, 0.3) is 0 Å². The maximum atomic E-state index is 13.8. The van der Waals surface area contributed by atoms with Crippen LogP contribution in [0, 0.1) is 5.82 Å². The summed E-state index contributed by atoms with van der Waals surface area (Å²) in [5.74, 6) is 0.606. The molecule has 0 spiro atoms. The van der Waals surface area contributed by atoms with Crippen molar-refractivity contribution < 1.29 is 9.18 Å². The molecule has 0 amide bonds. The van der Waals surface area contributed by atoms with Crippen LogP contribution in [0.4, 0.5) is 10.2 Å².